The van der Waals surface area contributed by atoms with Gasteiger partial charge in [0.05, 0.1) is 0 Å². The molecule has 182 valence electrons. The molecule has 2 saturated heterocycles. The highest BCUT2D eigenvalue weighted by Crippen LogP contribution is 2.44. The number of carboxylic acids is 1. The Kier molecular flexibility index (Phi) is 7.10. The average Bonchev–Trinajstić information content (AvgIpc) is 3.47. The number of nitrogens with zero attached hydrogens (tertiary/aromatic N) is 6. The minimum Gasteiger partial charge on any atom is -0.481 e. The zero-order chi connectivity index (χ0) is 24.5. The Balaban J connectivity index is 1.41. The van der Waals surface area contributed by atoms with Crippen LogP contribution in [0.1, 0.15) is 5.82 Å². The van der Waals surface area contributed by atoms with E-state index in [2.05, 4.69) is 35.3 Å². The molecule has 3 atom stereocenters. The molecule has 2 aromatic heterocycles. The van der Waals surface area contributed by atoms with Crippen LogP contribution < -0.4 is 16.4 Å². The minimum absolute atomic E-state index is 0.0122. The topological polar surface area (TPSA) is 198 Å². The third-order valence-electron chi connectivity index (χ3n) is 5.03. The number of anilines is 2. The molecule has 0 radical (unpaired) electrons. The van der Waals surface area contributed by atoms with Crippen molar-refractivity contribution in [2.24, 2.45) is 10.6 Å². The first kappa shape index (κ1) is 24.4. The molecule has 0 aliphatic carbocycles. The number of carboxylic acid groups (broad SMARTS) is 1. The van der Waals surface area contributed by atoms with E-state index in [0.717, 1.165) is 11.5 Å². The Bertz CT molecular complexity index is 1140. The van der Waals surface area contributed by atoms with Gasteiger partial charge in [0.1, 0.15) is 23.9 Å². The number of aliphatic carboxylic acids is 1. The van der Waals surface area contributed by atoms with Crippen molar-refractivity contribution in [1.29, 1.82) is 0 Å². The average molecular weight is 546 g/mol. The van der Waals surface area contributed by atoms with E-state index in [1.165, 1.54) is 46.9 Å². The summed E-state index contributed by atoms with van der Waals surface area (Å²) in [5.74, 6) is -1.59. The maximum atomic E-state index is 12.8. The first-order valence-corrected chi connectivity index (χ1v) is 13.2. The van der Waals surface area contributed by atoms with E-state index in [-0.39, 0.29) is 40.6 Å². The third-order valence-corrected chi connectivity index (χ3v) is 9.52. The number of amides is 2. The van der Waals surface area contributed by atoms with Gasteiger partial charge in [-0.3, -0.25) is 14.4 Å². The standard InChI is InChI=1S/C16H19N9O5S4/c1-18-14-21-22-15(33-14)32-5-16(12(28)29)3-25-10(27)7(11(25)31-4-16)19-9(26)6(23-30-2)8-20-13(17)34-24-8/h7,11H,3-5H2,1-2H3,(H,18,21)(H,19,26)(H,28,29)(H2,17,20,24)/t7?,11-,16?/m1/s1. The molecule has 5 N–H and O–H groups in total. The smallest absolute Gasteiger partial charge is 0.313 e. The van der Waals surface area contributed by atoms with Gasteiger partial charge < -0.3 is 31.2 Å². The summed E-state index contributed by atoms with van der Waals surface area (Å²) in [7, 11) is 2.99. The molecule has 4 rings (SSSR count). The Labute approximate surface area is 209 Å². The highest BCUT2D eigenvalue weighted by atomic mass is 32.2. The molecule has 34 heavy (non-hydrogen) atoms. The number of carbonyl (C=O) groups excluding carboxylic acids is 2. The number of hydrogen-bond donors (Lipinski definition) is 4. The lowest BCUT2D eigenvalue weighted by molar-refractivity contribution is -0.157. The van der Waals surface area contributed by atoms with Gasteiger partial charge in [-0.1, -0.05) is 28.3 Å². The molecule has 2 amide bonds. The first-order chi connectivity index (χ1) is 16.3. The van der Waals surface area contributed by atoms with E-state index in [0.29, 0.717) is 9.47 Å². The number of nitrogens with two attached hydrogens (primary N) is 1. The maximum absolute atomic E-state index is 12.8. The van der Waals surface area contributed by atoms with E-state index in [9.17, 15) is 19.5 Å². The summed E-state index contributed by atoms with van der Waals surface area (Å²) in [5, 5.41) is 27.5. The third kappa shape index (κ3) is 4.62. The van der Waals surface area contributed by atoms with Crippen molar-refractivity contribution in [3.8, 4) is 0 Å². The van der Waals surface area contributed by atoms with Crippen molar-refractivity contribution >= 4 is 80.2 Å². The summed E-state index contributed by atoms with van der Waals surface area (Å²) in [6, 6.07) is -0.837. The fraction of sp³-hybridized carbons (Fsp3) is 0.500. The van der Waals surface area contributed by atoms with E-state index in [1.807, 2.05) is 0 Å². The van der Waals surface area contributed by atoms with Crippen LogP contribution in [-0.2, 0) is 19.2 Å². The fourth-order valence-corrected chi connectivity index (χ4v) is 7.29. The second kappa shape index (κ2) is 9.88. The van der Waals surface area contributed by atoms with Crippen LogP contribution in [0.5, 0.6) is 0 Å². The summed E-state index contributed by atoms with van der Waals surface area (Å²) >= 11 is 4.81. The number of carbonyl (C=O) groups is 3. The van der Waals surface area contributed by atoms with Crippen LogP contribution in [0, 0.1) is 5.41 Å². The monoisotopic (exact) mass is 545 g/mol. The van der Waals surface area contributed by atoms with E-state index in [1.54, 1.807) is 7.05 Å². The van der Waals surface area contributed by atoms with Gasteiger partial charge in [-0.2, -0.15) is 9.36 Å². The molecule has 0 bridgehead atoms. The number of nitrogens with one attached hydrogen (secondary N) is 2. The van der Waals surface area contributed by atoms with Crippen LogP contribution in [-0.4, -0.2) is 96.7 Å². The molecule has 14 nitrogen and oxygen atoms in total. The number of oxime groups is 1. The van der Waals surface area contributed by atoms with Crippen LogP contribution in [0.15, 0.2) is 9.50 Å². The van der Waals surface area contributed by atoms with Gasteiger partial charge in [-0.05, 0) is 0 Å². The molecule has 2 aliphatic rings. The highest BCUT2D eigenvalue weighted by Gasteiger charge is 2.57. The Morgan fingerprint density at radius 2 is 2.24 bits per heavy atom. The summed E-state index contributed by atoms with van der Waals surface area (Å²) in [4.78, 5) is 47.9. The fourth-order valence-electron chi connectivity index (χ4n) is 3.29. The molecule has 0 saturated carbocycles. The summed E-state index contributed by atoms with van der Waals surface area (Å²) < 4.78 is 4.59. The first-order valence-electron chi connectivity index (χ1n) is 9.59. The number of thioether (sulfide) groups is 2. The number of rotatable bonds is 9. The van der Waals surface area contributed by atoms with E-state index >= 15 is 0 Å². The van der Waals surface area contributed by atoms with E-state index in [4.69, 9.17) is 10.6 Å². The predicted molar refractivity (Wildman–Crippen MR) is 128 cm³/mol. The van der Waals surface area contributed by atoms with Gasteiger partial charge in [0.15, 0.2) is 9.47 Å². The quantitative estimate of drug-likeness (QED) is 0.138. The Morgan fingerprint density at radius 1 is 1.44 bits per heavy atom. The van der Waals surface area contributed by atoms with Crippen molar-refractivity contribution in [3.63, 3.8) is 0 Å². The van der Waals surface area contributed by atoms with Gasteiger partial charge in [-0.25, -0.2) is 0 Å². The summed E-state index contributed by atoms with van der Waals surface area (Å²) in [6.07, 6.45) is 0. The van der Waals surface area contributed by atoms with Gasteiger partial charge in [-0.15, -0.1) is 22.0 Å². The van der Waals surface area contributed by atoms with Crippen molar-refractivity contribution in [2.75, 3.05) is 43.3 Å². The molecular weight excluding hydrogens is 527 g/mol. The number of hydrogen-bond acceptors (Lipinski definition) is 15. The van der Waals surface area contributed by atoms with Crippen LogP contribution in [0.4, 0.5) is 10.3 Å². The molecule has 2 aromatic rings. The van der Waals surface area contributed by atoms with Gasteiger partial charge in [0, 0.05) is 36.6 Å². The van der Waals surface area contributed by atoms with Gasteiger partial charge >= 0.3 is 5.97 Å². The minimum atomic E-state index is -1.16. The predicted octanol–water partition coefficient (Wildman–Crippen LogP) is -0.373. The van der Waals surface area contributed by atoms with Crippen molar-refractivity contribution in [3.05, 3.63) is 5.82 Å². The summed E-state index contributed by atoms with van der Waals surface area (Å²) in [5.41, 5.74) is 4.20. The maximum Gasteiger partial charge on any atom is 0.313 e. The van der Waals surface area contributed by atoms with Gasteiger partial charge in [0.25, 0.3) is 5.91 Å². The molecule has 0 aromatic carbocycles. The van der Waals surface area contributed by atoms with Crippen LogP contribution >= 0.6 is 46.4 Å². The molecule has 4 heterocycles. The Hall–Kier alpha value is -2.70. The molecule has 2 fully saturated rings. The second-order valence-electron chi connectivity index (χ2n) is 7.19. The molecular formula is C16H19N9O5S4. The van der Waals surface area contributed by atoms with Gasteiger partial charge in [0.2, 0.25) is 22.6 Å². The number of aromatic nitrogens is 4. The zero-order valence-electron chi connectivity index (χ0n) is 17.7. The largest absolute Gasteiger partial charge is 0.481 e. The molecule has 2 unspecified atom stereocenters. The second-order valence-corrected chi connectivity index (χ2v) is 11.3. The number of nitrogen functional groups attached to an aromatic ring is 1. The SMILES string of the molecule is CNc1nnc(SCC2(C(=O)O)CS[C@@H]3C(NC(=O)C(=NOC)c4nsc(N)n4)C(=O)N3C2)s1. The van der Waals surface area contributed by atoms with Crippen molar-refractivity contribution < 1.29 is 24.3 Å². The lowest BCUT2D eigenvalue weighted by Gasteiger charge is -2.53. The Morgan fingerprint density at radius 3 is 2.85 bits per heavy atom. The van der Waals surface area contributed by atoms with E-state index < -0.39 is 28.7 Å². The lowest BCUT2D eigenvalue weighted by Crippen LogP contribution is -2.74. The highest BCUT2D eigenvalue weighted by molar-refractivity contribution is 8.01. The number of β-lactam (4-membered cyclic amide) rings is 1. The lowest BCUT2D eigenvalue weighted by atomic mass is 9.89. The number of fused-ring (bicyclic) bond motifs is 1. The molecule has 18 heteroatoms. The zero-order valence-corrected chi connectivity index (χ0v) is 21.0. The molecule has 0 spiro atoms. The van der Waals surface area contributed by atoms with Crippen molar-refractivity contribution in [2.45, 2.75) is 15.8 Å². The van der Waals surface area contributed by atoms with Crippen LogP contribution in [0.3, 0.4) is 0 Å². The van der Waals surface area contributed by atoms with Crippen LogP contribution in [0.2, 0.25) is 0 Å². The normalized spacial score (nSPS) is 24.2. The summed E-state index contributed by atoms with van der Waals surface area (Å²) in [6.45, 7) is 0.0269. The van der Waals surface area contributed by atoms with Crippen molar-refractivity contribution in [1.82, 2.24) is 29.8 Å². The molecule has 2 aliphatic heterocycles. The van der Waals surface area contributed by atoms with Crippen LogP contribution in [0.25, 0.3) is 0 Å².